The zero-order valence-corrected chi connectivity index (χ0v) is 29.3. The van der Waals surface area contributed by atoms with Crippen LogP contribution in [0.3, 0.4) is 0 Å². The lowest BCUT2D eigenvalue weighted by Gasteiger charge is -2.44. The number of aromatic nitrogens is 1. The van der Waals surface area contributed by atoms with Crippen LogP contribution in [0.15, 0.2) is 73.1 Å². The minimum atomic E-state index is -1.05. The van der Waals surface area contributed by atoms with Gasteiger partial charge in [0.1, 0.15) is 33.9 Å². The molecular formula is C37H35Cl2F2N3O7. The highest BCUT2D eigenvalue weighted by molar-refractivity contribution is 6.35. The molecule has 1 unspecified atom stereocenters. The van der Waals surface area contributed by atoms with Gasteiger partial charge in [0.15, 0.2) is 23.9 Å². The Morgan fingerprint density at radius 1 is 0.980 bits per heavy atom. The molecule has 268 valence electrons. The normalized spacial score (nSPS) is 18.5. The van der Waals surface area contributed by atoms with Crippen molar-refractivity contribution in [3.63, 3.8) is 0 Å². The Labute approximate surface area is 303 Å². The highest BCUT2D eigenvalue weighted by Crippen LogP contribution is 2.36. The Hall–Kier alpha value is -4.65. The summed E-state index contributed by atoms with van der Waals surface area (Å²) in [5.41, 5.74) is 0.761. The van der Waals surface area contributed by atoms with E-state index in [2.05, 4.69) is 4.90 Å². The molecule has 4 aromatic rings. The number of pyridine rings is 1. The standard InChI is InChI=1S/C37H35Cl2F2N3O7/c1-48-32-8-7-24(16-34(32)49-2)33(17-27-28(38)19-43(47)20-29(27)39)50-36(45)25-13-22(14-26(40)15-25)18-44(31-6-4-3-5-30(31)41)37(46)51-35-21-42-11-9-23(35)10-12-42/h3-8,13-16,19-20,23,33,35H,9-12,17-18,21H2,1-2H3/t33?,35-/m0/s1. The third-order valence-corrected chi connectivity index (χ3v) is 9.87. The number of rotatable bonds is 11. The van der Waals surface area contributed by atoms with E-state index in [1.807, 2.05) is 0 Å². The first-order valence-corrected chi connectivity index (χ1v) is 17.0. The third kappa shape index (κ3) is 8.30. The van der Waals surface area contributed by atoms with E-state index >= 15 is 8.78 Å². The van der Waals surface area contributed by atoms with Gasteiger partial charge in [-0.2, -0.15) is 4.73 Å². The van der Waals surface area contributed by atoms with Crippen LogP contribution in [0.2, 0.25) is 10.0 Å². The number of ether oxygens (including phenoxy) is 4. The number of piperidine rings is 3. The first-order valence-electron chi connectivity index (χ1n) is 16.3. The van der Waals surface area contributed by atoms with Gasteiger partial charge in [0.05, 0.1) is 32.0 Å². The maximum absolute atomic E-state index is 15.2. The summed E-state index contributed by atoms with van der Waals surface area (Å²) in [5.74, 6) is -1.38. The molecule has 14 heteroatoms. The van der Waals surface area contributed by atoms with Gasteiger partial charge < -0.3 is 24.2 Å². The number of amides is 1. The van der Waals surface area contributed by atoms with E-state index in [9.17, 15) is 14.8 Å². The quantitative estimate of drug-likeness (QED) is 0.0897. The van der Waals surface area contributed by atoms with E-state index < -0.39 is 29.8 Å². The zero-order chi connectivity index (χ0) is 36.2. The molecule has 2 atom stereocenters. The molecule has 3 aromatic carbocycles. The fourth-order valence-corrected chi connectivity index (χ4v) is 7.19. The van der Waals surface area contributed by atoms with Crippen molar-refractivity contribution in [1.82, 2.24) is 4.90 Å². The van der Waals surface area contributed by atoms with Crippen LogP contribution >= 0.6 is 23.2 Å². The summed E-state index contributed by atoms with van der Waals surface area (Å²) in [6.45, 7) is 2.17. The first-order chi connectivity index (χ1) is 24.5. The van der Waals surface area contributed by atoms with Crippen molar-refractivity contribution in [3.8, 4) is 11.5 Å². The van der Waals surface area contributed by atoms with Gasteiger partial charge in [-0.25, -0.2) is 18.4 Å². The molecule has 3 fully saturated rings. The van der Waals surface area contributed by atoms with E-state index in [-0.39, 0.29) is 51.8 Å². The van der Waals surface area contributed by atoms with Gasteiger partial charge in [0.2, 0.25) is 0 Å². The van der Waals surface area contributed by atoms with E-state index in [4.69, 9.17) is 42.1 Å². The number of carbonyl (C=O) groups excluding carboxylic acids is 2. The van der Waals surface area contributed by atoms with Crippen LogP contribution in [-0.4, -0.2) is 56.9 Å². The largest absolute Gasteiger partial charge is 0.619 e. The van der Waals surface area contributed by atoms with Crippen molar-refractivity contribution in [1.29, 1.82) is 0 Å². The van der Waals surface area contributed by atoms with Crippen LogP contribution in [0.25, 0.3) is 0 Å². The predicted molar refractivity (Wildman–Crippen MR) is 185 cm³/mol. The molecule has 3 saturated heterocycles. The van der Waals surface area contributed by atoms with Crippen molar-refractivity contribution >= 4 is 41.0 Å². The molecular weight excluding hydrogens is 707 g/mol. The lowest BCUT2D eigenvalue weighted by Crippen LogP contribution is -2.53. The minimum Gasteiger partial charge on any atom is -0.619 e. The summed E-state index contributed by atoms with van der Waals surface area (Å²) in [7, 11) is 2.93. The van der Waals surface area contributed by atoms with Gasteiger partial charge in [-0.05, 0) is 85.4 Å². The number of carbonyl (C=O) groups is 2. The molecule has 0 N–H and O–H groups in total. The molecule has 0 spiro atoms. The second-order valence-electron chi connectivity index (χ2n) is 12.5. The highest BCUT2D eigenvalue weighted by Gasteiger charge is 2.38. The van der Waals surface area contributed by atoms with E-state index in [1.165, 1.54) is 38.5 Å². The maximum Gasteiger partial charge on any atom is 0.415 e. The van der Waals surface area contributed by atoms with Crippen LogP contribution in [0.5, 0.6) is 11.5 Å². The summed E-state index contributed by atoms with van der Waals surface area (Å²) in [6, 6.07) is 14.1. The molecule has 4 heterocycles. The Morgan fingerprint density at radius 3 is 2.33 bits per heavy atom. The topological polar surface area (TPSA) is 104 Å². The van der Waals surface area contributed by atoms with Crippen LogP contribution in [-0.2, 0) is 22.4 Å². The van der Waals surface area contributed by atoms with Gasteiger partial charge in [-0.15, -0.1) is 0 Å². The van der Waals surface area contributed by atoms with Crippen LogP contribution in [0, 0.1) is 22.8 Å². The molecule has 3 aliphatic rings. The van der Waals surface area contributed by atoms with Gasteiger partial charge in [0, 0.05) is 18.5 Å². The zero-order valence-electron chi connectivity index (χ0n) is 27.8. The van der Waals surface area contributed by atoms with Gasteiger partial charge >= 0.3 is 12.1 Å². The van der Waals surface area contributed by atoms with E-state index in [0.29, 0.717) is 33.9 Å². The predicted octanol–water partition coefficient (Wildman–Crippen LogP) is 7.30. The fraction of sp³-hybridized carbons (Fsp3) is 0.324. The molecule has 0 saturated carbocycles. The number of halogens is 4. The third-order valence-electron chi connectivity index (χ3n) is 9.22. The summed E-state index contributed by atoms with van der Waals surface area (Å²) < 4.78 is 53.5. The first kappa shape index (κ1) is 36.2. The van der Waals surface area contributed by atoms with Crippen LogP contribution in [0.1, 0.15) is 46.0 Å². The number of esters is 1. The molecule has 0 aliphatic carbocycles. The smallest absolute Gasteiger partial charge is 0.415 e. The van der Waals surface area contributed by atoms with Crippen molar-refractivity contribution in [2.45, 2.75) is 38.0 Å². The van der Waals surface area contributed by atoms with Crippen molar-refractivity contribution in [2.24, 2.45) is 5.92 Å². The van der Waals surface area contributed by atoms with E-state index in [1.54, 1.807) is 24.3 Å². The number of anilines is 1. The van der Waals surface area contributed by atoms with Gasteiger partial charge in [-0.1, -0.05) is 41.4 Å². The van der Waals surface area contributed by atoms with Crippen molar-refractivity contribution in [2.75, 3.05) is 38.8 Å². The lowest BCUT2D eigenvalue weighted by atomic mass is 9.86. The summed E-state index contributed by atoms with van der Waals surface area (Å²) in [4.78, 5) is 30.8. The molecule has 1 aromatic heterocycles. The molecule has 7 rings (SSSR count). The number of nitrogens with zero attached hydrogens (tertiary/aromatic N) is 3. The lowest BCUT2D eigenvalue weighted by molar-refractivity contribution is -0.605. The fourth-order valence-electron chi connectivity index (χ4n) is 6.59. The Morgan fingerprint density at radius 2 is 1.69 bits per heavy atom. The summed E-state index contributed by atoms with van der Waals surface area (Å²) >= 11 is 12.7. The maximum atomic E-state index is 15.2. The molecule has 51 heavy (non-hydrogen) atoms. The summed E-state index contributed by atoms with van der Waals surface area (Å²) in [5, 5.41) is 12.0. The molecule has 10 nitrogen and oxygen atoms in total. The monoisotopic (exact) mass is 741 g/mol. The Kier molecular flexibility index (Phi) is 11.1. The average Bonchev–Trinajstić information content (AvgIpc) is 3.11. The molecule has 3 aliphatic heterocycles. The number of hydrogen-bond acceptors (Lipinski definition) is 8. The number of para-hydroxylation sites is 1. The van der Waals surface area contributed by atoms with Crippen molar-refractivity contribution in [3.05, 3.63) is 122 Å². The summed E-state index contributed by atoms with van der Waals surface area (Å²) in [6.07, 6.45) is 1.80. The second-order valence-corrected chi connectivity index (χ2v) is 13.3. The molecule has 0 radical (unpaired) electrons. The number of benzene rings is 3. The Balaban J connectivity index is 1.29. The highest BCUT2D eigenvalue weighted by atomic mass is 35.5. The molecule has 2 bridgehead atoms. The van der Waals surface area contributed by atoms with Gasteiger partial charge in [0.25, 0.3) is 0 Å². The SMILES string of the molecule is COc1ccc(C(Cc2c(Cl)c[n+]([O-])cc2Cl)OC(=O)c2cc(F)cc(CN(C(=O)O[C@H]3CN4CCC3CC4)c3ccccc3F)c2)cc1OC. The number of hydrogen-bond donors (Lipinski definition) is 0. The van der Waals surface area contributed by atoms with Crippen LogP contribution in [0.4, 0.5) is 19.3 Å². The number of methoxy groups -OCH3 is 2. The average molecular weight is 743 g/mol. The number of fused-ring (bicyclic) bond motifs is 3. The minimum absolute atomic E-state index is 0.0467. The van der Waals surface area contributed by atoms with E-state index in [0.717, 1.165) is 55.4 Å². The van der Waals surface area contributed by atoms with Gasteiger partial charge in [-0.3, -0.25) is 9.80 Å². The van der Waals surface area contributed by atoms with Crippen molar-refractivity contribution < 1.29 is 42.0 Å². The Bertz CT molecular complexity index is 1900. The molecule has 1 amide bonds. The second kappa shape index (κ2) is 15.7. The van der Waals surface area contributed by atoms with Crippen LogP contribution < -0.4 is 19.1 Å².